The smallest absolute Gasteiger partial charge is 0.414 e. The number of fused-ring (bicyclic) bond motifs is 1. The van der Waals surface area contributed by atoms with Crippen molar-refractivity contribution >= 4 is 17.2 Å². The van der Waals surface area contributed by atoms with Crippen molar-refractivity contribution in [3.8, 4) is 11.5 Å². The number of hydrogen-bond acceptors (Lipinski definition) is 5. The Balaban J connectivity index is 1.89. The number of para-hydroxylation sites is 2. The number of rotatable bonds is 6. The molecule has 7 heteroatoms. The van der Waals surface area contributed by atoms with Crippen LogP contribution in [0, 0.1) is 0 Å². The molecule has 0 N–H and O–H groups in total. The Kier molecular flexibility index (Phi) is 4.96. The molecule has 2 rings (SSSR count). The van der Waals surface area contributed by atoms with Gasteiger partial charge in [-0.3, -0.25) is 0 Å². The molecular formula is C10H14O5P2. The van der Waals surface area contributed by atoms with Crippen molar-refractivity contribution in [2.24, 2.45) is 0 Å². The molecule has 0 fully saturated rings. The van der Waals surface area contributed by atoms with E-state index in [9.17, 15) is 0 Å². The van der Waals surface area contributed by atoms with Gasteiger partial charge in [0.2, 0.25) is 0 Å². The van der Waals surface area contributed by atoms with E-state index in [-0.39, 0.29) is 0 Å². The third kappa shape index (κ3) is 3.51. The van der Waals surface area contributed by atoms with Gasteiger partial charge in [-0.25, -0.2) is 4.31 Å². The van der Waals surface area contributed by atoms with Gasteiger partial charge in [-0.1, -0.05) is 12.1 Å². The fraction of sp³-hybridized carbons (Fsp3) is 0.400. The second-order valence-electron chi connectivity index (χ2n) is 2.99. The Bertz CT molecular complexity index is 331. The minimum atomic E-state index is -1.46. The SMILES string of the molecule is CCOP(OCC)OP1Oc2ccccc2O1. The number of benzene rings is 1. The zero-order valence-electron chi connectivity index (χ0n) is 9.66. The highest BCUT2D eigenvalue weighted by Gasteiger charge is 2.32. The molecule has 0 bridgehead atoms. The first-order chi connectivity index (χ1) is 8.33. The zero-order chi connectivity index (χ0) is 12.1. The molecule has 94 valence electrons. The van der Waals surface area contributed by atoms with Gasteiger partial charge in [0, 0.05) is 0 Å². The summed E-state index contributed by atoms with van der Waals surface area (Å²) >= 11 is 0. The summed E-state index contributed by atoms with van der Waals surface area (Å²) in [5.41, 5.74) is 0. The molecule has 0 spiro atoms. The van der Waals surface area contributed by atoms with Crippen molar-refractivity contribution in [1.29, 1.82) is 0 Å². The first-order valence-corrected chi connectivity index (χ1v) is 7.51. The Hall–Kier alpha value is -0.440. The average molecular weight is 276 g/mol. The maximum absolute atomic E-state index is 5.52. The van der Waals surface area contributed by atoms with Gasteiger partial charge in [0.15, 0.2) is 11.5 Å². The van der Waals surface area contributed by atoms with Crippen molar-refractivity contribution in [2.45, 2.75) is 13.8 Å². The highest BCUT2D eigenvalue weighted by molar-refractivity contribution is 7.56. The van der Waals surface area contributed by atoms with Crippen LogP contribution in [0.3, 0.4) is 0 Å². The summed E-state index contributed by atoms with van der Waals surface area (Å²) in [6.07, 6.45) is 0. The fourth-order valence-electron chi connectivity index (χ4n) is 1.16. The van der Waals surface area contributed by atoms with Gasteiger partial charge in [0.05, 0.1) is 13.2 Å². The Morgan fingerprint density at radius 3 is 2.06 bits per heavy atom. The van der Waals surface area contributed by atoms with Crippen molar-refractivity contribution < 1.29 is 22.4 Å². The quantitative estimate of drug-likeness (QED) is 0.735. The molecule has 1 aliphatic heterocycles. The summed E-state index contributed by atoms with van der Waals surface area (Å²) in [6.45, 7) is 4.83. The maximum Gasteiger partial charge on any atom is 0.470 e. The summed E-state index contributed by atoms with van der Waals surface area (Å²) in [5, 5.41) is 0. The minimum absolute atomic E-state index is 0.530. The highest BCUT2D eigenvalue weighted by atomic mass is 31.2. The van der Waals surface area contributed by atoms with Crippen LogP contribution in [-0.2, 0) is 13.4 Å². The molecule has 17 heavy (non-hydrogen) atoms. The molecule has 1 aromatic carbocycles. The lowest BCUT2D eigenvalue weighted by Crippen LogP contribution is -1.95. The summed E-state index contributed by atoms with van der Waals surface area (Å²) in [4.78, 5) is 0. The van der Waals surface area contributed by atoms with E-state index in [1.165, 1.54) is 0 Å². The van der Waals surface area contributed by atoms with Crippen LogP contribution in [0.2, 0.25) is 0 Å². The largest absolute Gasteiger partial charge is 0.470 e. The molecule has 1 heterocycles. The molecule has 0 radical (unpaired) electrons. The van der Waals surface area contributed by atoms with E-state index in [4.69, 9.17) is 22.4 Å². The zero-order valence-corrected chi connectivity index (χ0v) is 11.4. The lowest BCUT2D eigenvalue weighted by molar-refractivity contribution is 0.217. The predicted molar refractivity (Wildman–Crippen MR) is 65.9 cm³/mol. The molecule has 0 atom stereocenters. The topological polar surface area (TPSA) is 46.2 Å². The second-order valence-corrected chi connectivity index (χ2v) is 5.42. The van der Waals surface area contributed by atoms with Crippen LogP contribution in [0.1, 0.15) is 13.8 Å². The van der Waals surface area contributed by atoms with Crippen LogP contribution in [0.5, 0.6) is 11.5 Å². The minimum Gasteiger partial charge on any atom is -0.414 e. The molecule has 5 nitrogen and oxygen atoms in total. The van der Waals surface area contributed by atoms with Crippen LogP contribution in [0.15, 0.2) is 24.3 Å². The first kappa shape index (κ1) is 13.0. The van der Waals surface area contributed by atoms with Gasteiger partial charge in [-0.05, 0) is 26.0 Å². The van der Waals surface area contributed by atoms with Crippen molar-refractivity contribution in [1.82, 2.24) is 0 Å². The molecule has 0 amide bonds. The van der Waals surface area contributed by atoms with E-state index < -0.39 is 17.2 Å². The summed E-state index contributed by atoms with van der Waals surface area (Å²) in [6, 6.07) is 7.44. The fourth-order valence-corrected chi connectivity index (χ4v) is 3.40. The first-order valence-electron chi connectivity index (χ1n) is 5.32. The van der Waals surface area contributed by atoms with Gasteiger partial charge < -0.3 is 18.1 Å². The molecule has 0 saturated carbocycles. The summed E-state index contributed by atoms with van der Waals surface area (Å²) < 4.78 is 27.2. The lowest BCUT2D eigenvalue weighted by atomic mass is 10.3. The van der Waals surface area contributed by atoms with Crippen LogP contribution in [0.25, 0.3) is 0 Å². The highest BCUT2D eigenvalue weighted by Crippen LogP contribution is 2.60. The third-order valence-corrected chi connectivity index (χ3v) is 4.49. The van der Waals surface area contributed by atoms with Gasteiger partial charge in [-0.2, -0.15) is 0 Å². The Morgan fingerprint density at radius 1 is 1.06 bits per heavy atom. The van der Waals surface area contributed by atoms with Crippen LogP contribution in [0.4, 0.5) is 0 Å². The lowest BCUT2D eigenvalue weighted by Gasteiger charge is -2.15. The van der Waals surface area contributed by atoms with Crippen LogP contribution in [-0.4, -0.2) is 13.2 Å². The number of hydrogen-bond donors (Lipinski definition) is 0. The van der Waals surface area contributed by atoms with Gasteiger partial charge >= 0.3 is 17.2 Å². The van der Waals surface area contributed by atoms with E-state index in [2.05, 4.69) is 0 Å². The molecule has 0 aliphatic carbocycles. The van der Waals surface area contributed by atoms with E-state index in [1.54, 1.807) is 0 Å². The standard InChI is InChI=1S/C10H14O5P2/c1-3-11-16(12-4-2)15-17-13-9-7-5-6-8-10(9)14-17/h5-8H,3-4H2,1-2H3. The van der Waals surface area contributed by atoms with E-state index >= 15 is 0 Å². The van der Waals surface area contributed by atoms with Gasteiger partial charge in [0.1, 0.15) is 0 Å². The summed E-state index contributed by atoms with van der Waals surface area (Å²) in [7, 11) is -2.85. The predicted octanol–water partition coefficient (Wildman–Crippen LogP) is 4.00. The molecule has 1 aromatic rings. The normalized spacial score (nSPS) is 14.5. The van der Waals surface area contributed by atoms with Gasteiger partial charge in [0.25, 0.3) is 0 Å². The average Bonchev–Trinajstić information content (AvgIpc) is 2.71. The molecule has 1 aliphatic rings. The second kappa shape index (κ2) is 6.48. The summed E-state index contributed by atoms with van der Waals surface area (Å²) in [5.74, 6) is 1.39. The van der Waals surface area contributed by atoms with Crippen molar-refractivity contribution in [2.75, 3.05) is 13.2 Å². The maximum atomic E-state index is 5.52. The van der Waals surface area contributed by atoms with Crippen molar-refractivity contribution in [3.63, 3.8) is 0 Å². The van der Waals surface area contributed by atoms with E-state index in [1.807, 2.05) is 38.1 Å². The van der Waals surface area contributed by atoms with E-state index in [0.717, 1.165) is 0 Å². The van der Waals surface area contributed by atoms with Gasteiger partial charge in [-0.15, -0.1) is 0 Å². The molecule has 0 aromatic heterocycles. The van der Waals surface area contributed by atoms with E-state index in [0.29, 0.717) is 24.7 Å². The molecule has 0 saturated heterocycles. The molecule has 0 unspecified atom stereocenters. The third-order valence-electron chi connectivity index (χ3n) is 1.80. The van der Waals surface area contributed by atoms with Crippen LogP contribution >= 0.6 is 17.2 Å². The van der Waals surface area contributed by atoms with Crippen molar-refractivity contribution in [3.05, 3.63) is 24.3 Å². The Labute approximate surface area is 103 Å². The van der Waals surface area contributed by atoms with Crippen LogP contribution < -0.4 is 9.05 Å². The Morgan fingerprint density at radius 2 is 1.59 bits per heavy atom. The monoisotopic (exact) mass is 276 g/mol. The molecular weight excluding hydrogens is 262 g/mol.